The van der Waals surface area contributed by atoms with E-state index in [2.05, 4.69) is 20.9 Å². The van der Waals surface area contributed by atoms with E-state index >= 15 is 0 Å². The molecule has 0 unspecified atom stereocenters. The molecule has 0 N–H and O–H groups in total. The van der Waals surface area contributed by atoms with E-state index < -0.39 is 5.97 Å². The van der Waals surface area contributed by atoms with Crippen molar-refractivity contribution in [3.8, 4) is 5.75 Å². The molecule has 0 aliphatic carbocycles. The lowest BCUT2D eigenvalue weighted by atomic mass is 10.1. The summed E-state index contributed by atoms with van der Waals surface area (Å²) in [5.41, 5.74) is 1.98. The minimum absolute atomic E-state index is 0.235. The molecule has 3 rings (SSSR count). The summed E-state index contributed by atoms with van der Waals surface area (Å²) in [6.07, 6.45) is 5.16. The second-order valence-corrected chi connectivity index (χ2v) is 5.92. The van der Waals surface area contributed by atoms with Crippen molar-refractivity contribution in [2.45, 2.75) is 0 Å². The Morgan fingerprint density at radius 2 is 1.92 bits per heavy atom. The van der Waals surface area contributed by atoms with Crippen LogP contribution in [-0.2, 0) is 9.53 Å². The minimum atomic E-state index is -0.482. The second kappa shape index (κ2) is 7.27. The van der Waals surface area contributed by atoms with E-state index in [4.69, 9.17) is 9.47 Å². The van der Waals surface area contributed by atoms with Crippen molar-refractivity contribution in [1.29, 1.82) is 0 Å². The van der Waals surface area contributed by atoms with E-state index in [0.29, 0.717) is 5.75 Å². The lowest BCUT2D eigenvalue weighted by molar-refractivity contribution is -0.129. The number of rotatable bonds is 4. The van der Waals surface area contributed by atoms with Gasteiger partial charge in [-0.15, -0.1) is 0 Å². The second-order valence-electron chi connectivity index (χ2n) is 5.00. The van der Waals surface area contributed by atoms with Gasteiger partial charge in [0, 0.05) is 16.1 Å². The van der Waals surface area contributed by atoms with Gasteiger partial charge in [-0.05, 0) is 35.9 Å². The number of carbonyl (C=O) groups is 1. The zero-order valence-corrected chi connectivity index (χ0v) is 14.5. The monoisotopic (exact) mass is 383 g/mol. The van der Waals surface area contributed by atoms with Gasteiger partial charge in [0.15, 0.2) is 5.70 Å². The van der Waals surface area contributed by atoms with Crippen LogP contribution in [-0.4, -0.2) is 19.0 Å². The number of methoxy groups -OCH3 is 1. The first-order valence-electron chi connectivity index (χ1n) is 7.25. The SMILES string of the molecule is COc1ccc(Br)cc1/C=C1N=C(/C=C/c2ccccc2)OC/1=O. The molecule has 24 heavy (non-hydrogen) atoms. The first-order valence-corrected chi connectivity index (χ1v) is 8.04. The third kappa shape index (κ3) is 3.81. The number of hydrogen-bond acceptors (Lipinski definition) is 4. The molecule has 5 heteroatoms. The highest BCUT2D eigenvalue weighted by atomic mass is 79.9. The summed E-state index contributed by atoms with van der Waals surface area (Å²) < 4.78 is 11.4. The summed E-state index contributed by atoms with van der Waals surface area (Å²) >= 11 is 3.40. The number of carbonyl (C=O) groups excluding carboxylic acids is 1. The maximum absolute atomic E-state index is 12.0. The van der Waals surface area contributed by atoms with E-state index in [-0.39, 0.29) is 11.6 Å². The van der Waals surface area contributed by atoms with Crippen molar-refractivity contribution in [2.24, 2.45) is 4.99 Å². The Bertz CT molecular complexity index is 854. The smallest absolute Gasteiger partial charge is 0.363 e. The quantitative estimate of drug-likeness (QED) is 0.578. The Morgan fingerprint density at radius 3 is 2.67 bits per heavy atom. The number of aliphatic imine (C=N–C) groups is 1. The predicted molar refractivity (Wildman–Crippen MR) is 97.7 cm³/mol. The molecular weight excluding hydrogens is 370 g/mol. The molecule has 4 nitrogen and oxygen atoms in total. The molecule has 1 aliphatic heterocycles. The standard InChI is InChI=1S/C19H14BrNO3/c1-23-17-9-8-15(20)11-14(17)12-16-19(22)24-18(21-16)10-7-13-5-3-2-4-6-13/h2-12H,1H3/b10-7+,16-12+. The van der Waals surface area contributed by atoms with E-state index in [9.17, 15) is 4.79 Å². The molecule has 0 fully saturated rings. The molecule has 2 aromatic carbocycles. The van der Waals surface area contributed by atoms with E-state index in [1.54, 1.807) is 19.3 Å². The fraction of sp³-hybridized carbons (Fsp3) is 0.0526. The molecule has 120 valence electrons. The van der Waals surface area contributed by atoms with Gasteiger partial charge in [-0.1, -0.05) is 46.3 Å². The Hall–Kier alpha value is -2.66. The first kappa shape index (κ1) is 16.2. The normalized spacial score (nSPS) is 15.7. The van der Waals surface area contributed by atoms with Crippen LogP contribution >= 0.6 is 15.9 Å². The van der Waals surface area contributed by atoms with Gasteiger partial charge in [-0.25, -0.2) is 9.79 Å². The zero-order chi connectivity index (χ0) is 16.9. The number of hydrogen-bond donors (Lipinski definition) is 0. The third-order valence-corrected chi connectivity index (χ3v) is 3.83. The first-order chi connectivity index (χ1) is 11.7. The highest BCUT2D eigenvalue weighted by Gasteiger charge is 2.21. The molecular formula is C19H14BrNO3. The Labute approximate surface area is 148 Å². The lowest BCUT2D eigenvalue weighted by Gasteiger charge is -2.04. The number of esters is 1. The summed E-state index contributed by atoms with van der Waals surface area (Å²) in [5, 5.41) is 0. The van der Waals surface area contributed by atoms with Crippen LogP contribution in [0.15, 0.2) is 69.8 Å². The molecule has 0 spiro atoms. The zero-order valence-electron chi connectivity index (χ0n) is 12.9. The van der Waals surface area contributed by atoms with Gasteiger partial charge in [0.05, 0.1) is 7.11 Å². The Kier molecular flexibility index (Phi) is 4.91. The number of benzene rings is 2. The molecule has 1 heterocycles. The average Bonchev–Trinajstić information content (AvgIpc) is 2.94. The molecule has 0 aromatic heterocycles. The maximum atomic E-state index is 12.0. The fourth-order valence-corrected chi connectivity index (χ4v) is 2.57. The van der Waals surface area contributed by atoms with Crippen LogP contribution in [0.25, 0.3) is 12.2 Å². The highest BCUT2D eigenvalue weighted by molar-refractivity contribution is 9.10. The van der Waals surface area contributed by atoms with Gasteiger partial charge in [-0.3, -0.25) is 0 Å². The fourth-order valence-electron chi connectivity index (χ4n) is 2.19. The number of cyclic esters (lactones) is 1. The van der Waals surface area contributed by atoms with Crippen molar-refractivity contribution in [2.75, 3.05) is 7.11 Å². The average molecular weight is 384 g/mol. The van der Waals surface area contributed by atoms with Crippen LogP contribution < -0.4 is 4.74 Å². The summed E-state index contributed by atoms with van der Waals surface area (Å²) in [4.78, 5) is 16.2. The van der Waals surface area contributed by atoms with Gasteiger partial charge in [0.1, 0.15) is 5.75 Å². The molecule has 0 atom stereocenters. The van der Waals surface area contributed by atoms with Crippen molar-refractivity contribution >= 4 is 39.9 Å². The third-order valence-electron chi connectivity index (χ3n) is 3.34. The van der Waals surface area contributed by atoms with Crippen molar-refractivity contribution in [1.82, 2.24) is 0 Å². The lowest BCUT2D eigenvalue weighted by Crippen LogP contribution is -2.01. The van der Waals surface area contributed by atoms with Crippen LogP contribution in [0.4, 0.5) is 0 Å². The minimum Gasteiger partial charge on any atom is -0.496 e. The van der Waals surface area contributed by atoms with E-state index in [1.807, 2.05) is 54.6 Å². The Balaban J connectivity index is 1.87. The summed E-state index contributed by atoms with van der Waals surface area (Å²) in [6.45, 7) is 0. The summed E-state index contributed by atoms with van der Waals surface area (Å²) in [5.74, 6) is 0.441. The van der Waals surface area contributed by atoms with Crippen molar-refractivity contribution in [3.63, 3.8) is 0 Å². The van der Waals surface area contributed by atoms with Gasteiger partial charge < -0.3 is 9.47 Å². The predicted octanol–water partition coefficient (Wildman–Crippen LogP) is 4.47. The van der Waals surface area contributed by atoms with Gasteiger partial charge in [0.25, 0.3) is 0 Å². The molecule has 0 radical (unpaired) electrons. The topological polar surface area (TPSA) is 47.9 Å². The highest BCUT2D eigenvalue weighted by Crippen LogP contribution is 2.27. The van der Waals surface area contributed by atoms with Crippen LogP contribution in [0.5, 0.6) is 5.75 Å². The van der Waals surface area contributed by atoms with Gasteiger partial charge in [-0.2, -0.15) is 0 Å². The van der Waals surface area contributed by atoms with Crippen LogP contribution in [0, 0.1) is 0 Å². The van der Waals surface area contributed by atoms with Crippen LogP contribution in [0.3, 0.4) is 0 Å². The molecule has 0 saturated carbocycles. The van der Waals surface area contributed by atoms with Crippen molar-refractivity contribution < 1.29 is 14.3 Å². The molecule has 0 amide bonds. The molecule has 0 saturated heterocycles. The van der Waals surface area contributed by atoms with Crippen molar-refractivity contribution in [3.05, 3.63) is 75.9 Å². The van der Waals surface area contributed by atoms with E-state index in [0.717, 1.165) is 15.6 Å². The number of ether oxygens (including phenoxy) is 2. The number of halogens is 1. The summed E-state index contributed by atoms with van der Waals surface area (Å²) in [7, 11) is 1.58. The Morgan fingerprint density at radius 1 is 1.12 bits per heavy atom. The van der Waals surface area contributed by atoms with Gasteiger partial charge in [0.2, 0.25) is 5.90 Å². The largest absolute Gasteiger partial charge is 0.496 e. The number of nitrogens with zero attached hydrogens (tertiary/aromatic N) is 1. The molecule has 2 aromatic rings. The van der Waals surface area contributed by atoms with Crippen LogP contribution in [0.1, 0.15) is 11.1 Å². The van der Waals surface area contributed by atoms with E-state index in [1.165, 1.54) is 0 Å². The molecule has 0 bridgehead atoms. The maximum Gasteiger partial charge on any atom is 0.363 e. The van der Waals surface area contributed by atoms with Crippen LogP contribution in [0.2, 0.25) is 0 Å². The molecule has 1 aliphatic rings. The van der Waals surface area contributed by atoms with Gasteiger partial charge >= 0.3 is 5.97 Å². The summed E-state index contributed by atoms with van der Waals surface area (Å²) in [6, 6.07) is 15.3.